The van der Waals surface area contributed by atoms with Crippen LogP contribution in [-0.2, 0) is 19.3 Å². The molecule has 0 saturated carbocycles. The van der Waals surface area contributed by atoms with Gasteiger partial charge in [0.2, 0.25) is 0 Å². The standard InChI is InChI=1S/C27H20F4N2O4/c1-36-19-5-2-4-16(12-19)22-20-6-3-7-21-24(20)33(8-9-37-21)26(35)23(22)25(34)32-14-15-10-17(27(29,30)31)13-18(28)11-15/h2-7,10-13H,8-9,14H2,1H3,(H,32,34). The summed E-state index contributed by atoms with van der Waals surface area (Å²) in [6, 6.07) is 14.1. The SMILES string of the molecule is COc1cccc(-c2c(C(=O)NCc3cc(F)cc(C(F)(F)F)c3)c(=O)n3c4c(cccc24)OCC3)c1. The molecule has 0 bridgehead atoms. The van der Waals surface area contributed by atoms with Crippen molar-refractivity contribution < 1.29 is 31.8 Å². The molecule has 1 aromatic heterocycles. The van der Waals surface area contributed by atoms with Gasteiger partial charge in [0, 0.05) is 17.5 Å². The lowest BCUT2D eigenvalue weighted by Gasteiger charge is -2.23. The fourth-order valence-corrected chi connectivity index (χ4v) is 4.53. The lowest BCUT2D eigenvalue weighted by Crippen LogP contribution is -2.36. The van der Waals surface area contributed by atoms with Crippen molar-refractivity contribution in [2.75, 3.05) is 13.7 Å². The molecule has 1 amide bonds. The summed E-state index contributed by atoms with van der Waals surface area (Å²) < 4.78 is 65.7. The lowest BCUT2D eigenvalue weighted by molar-refractivity contribution is -0.137. The molecule has 0 spiro atoms. The van der Waals surface area contributed by atoms with E-state index in [1.54, 1.807) is 42.5 Å². The van der Waals surface area contributed by atoms with E-state index in [2.05, 4.69) is 5.32 Å². The van der Waals surface area contributed by atoms with Gasteiger partial charge < -0.3 is 19.4 Å². The van der Waals surface area contributed by atoms with Gasteiger partial charge in [-0.1, -0.05) is 24.3 Å². The molecule has 0 radical (unpaired) electrons. The maximum Gasteiger partial charge on any atom is 0.416 e. The zero-order chi connectivity index (χ0) is 26.3. The molecule has 0 unspecified atom stereocenters. The number of ether oxygens (including phenoxy) is 2. The predicted octanol–water partition coefficient (Wildman–Crippen LogP) is 5.16. The van der Waals surface area contributed by atoms with Gasteiger partial charge in [-0.05, 0) is 47.5 Å². The van der Waals surface area contributed by atoms with E-state index in [0.717, 1.165) is 12.1 Å². The highest BCUT2D eigenvalue weighted by atomic mass is 19.4. The second-order valence-corrected chi connectivity index (χ2v) is 8.47. The molecule has 0 atom stereocenters. The molecule has 1 aliphatic heterocycles. The molecule has 10 heteroatoms. The number of nitrogens with zero attached hydrogens (tertiary/aromatic N) is 1. The van der Waals surface area contributed by atoms with Crippen molar-refractivity contribution >= 4 is 16.8 Å². The second-order valence-electron chi connectivity index (χ2n) is 8.47. The molecule has 5 rings (SSSR count). The van der Waals surface area contributed by atoms with Crippen LogP contribution in [0, 0.1) is 5.82 Å². The summed E-state index contributed by atoms with van der Waals surface area (Å²) in [6.45, 7) is 0.0246. The molecule has 1 aliphatic rings. The van der Waals surface area contributed by atoms with Gasteiger partial charge >= 0.3 is 6.18 Å². The Morgan fingerprint density at radius 1 is 1.11 bits per heavy atom. The number of para-hydroxylation sites is 1. The Balaban J connectivity index is 1.64. The van der Waals surface area contributed by atoms with Crippen molar-refractivity contribution in [3.63, 3.8) is 0 Å². The average molecular weight is 512 g/mol. The Bertz CT molecular complexity index is 1590. The summed E-state index contributed by atoms with van der Waals surface area (Å²) >= 11 is 0. The summed E-state index contributed by atoms with van der Waals surface area (Å²) in [5.41, 5.74) is -0.635. The summed E-state index contributed by atoms with van der Waals surface area (Å²) in [5, 5.41) is 3.08. The van der Waals surface area contributed by atoms with Crippen molar-refractivity contribution in [1.82, 2.24) is 9.88 Å². The number of carbonyl (C=O) groups excluding carboxylic acids is 1. The fourth-order valence-electron chi connectivity index (χ4n) is 4.53. The number of carbonyl (C=O) groups is 1. The summed E-state index contributed by atoms with van der Waals surface area (Å²) in [4.78, 5) is 27.1. The van der Waals surface area contributed by atoms with E-state index in [4.69, 9.17) is 9.47 Å². The smallest absolute Gasteiger partial charge is 0.416 e. The minimum Gasteiger partial charge on any atom is -0.497 e. The van der Waals surface area contributed by atoms with Crippen LogP contribution in [0.5, 0.6) is 11.5 Å². The van der Waals surface area contributed by atoms with Gasteiger partial charge in [0.1, 0.15) is 29.5 Å². The van der Waals surface area contributed by atoms with Gasteiger partial charge in [0.05, 0.1) is 24.7 Å². The summed E-state index contributed by atoms with van der Waals surface area (Å²) in [7, 11) is 1.49. The van der Waals surface area contributed by atoms with Crippen LogP contribution in [0.4, 0.5) is 17.6 Å². The van der Waals surface area contributed by atoms with Crippen LogP contribution >= 0.6 is 0 Å². The number of hydrogen-bond donors (Lipinski definition) is 1. The van der Waals surface area contributed by atoms with Crippen LogP contribution in [0.1, 0.15) is 21.5 Å². The van der Waals surface area contributed by atoms with E-state index in [1.807, 2.05) is 0 Å². The van der Waals surface area contributed by atoms with Crippen molar-refractivity contribution in [3.05, 3.63) is 93.5 Å². The number of pyridine rings is 1. The number of methoxy groups -OCH3 is 1. The van der Waals surface area contributed by atoms with Gasteiger partial charge in [-0.25, -0.2) is 4.39 Å². The van der Waals surface area contributed by atoms with Crippen LogP contribution in [0.25, 0.3) is 22.0 Å². The average Bonchev–Trinajstić information content (AvgIpc) is 2.88. The first-order valence-electron chi connectivity index (χ1n) is 11.3. The van der Waals surface area contributed by atoms with Crippen LogP contribution in [-0.4, -0.2) is 24.2 Å². The van der Waals surface area contributed by atoms with Crippen molar-refractivity contribution in [2.45, 2.75) is 19.3 Å². The first kappa shape index (κ1) is 24.4. The third kappa shape index (κ3) is 4.50. The number of alkyl halides is 3. The van der Waals surface area contributed by atoms with Crippen LogP contribution in [0.2, 0.25) is 0 Å². The molecular weight excluding hydrogens is 492 g/mol. The summed E-state index contributed by atoms with van der Waals surface area (Å²) in [6.07, 6.45) is -4.75. The number of benzene rings is 3. The molecule has 2 heterocycles. The molecular formula is C27H20F4N2O4. The Morgan fingerprint density at radius 3 is 2.65 bits per heavy atom. The highest BCUT2D eigenvalue weighted by Gasteiger charge is 2.32. The van der Waals surface area contributed by atoms with Gasteiger partial charge in [-0.3, -0.25) is 9.59 Å². The Morgan fingerprint density at radius 2 is 1.89 bits per heavy atom. The van der Waals surface area contributed by atoms with Crippen molar-refractivity contribution in [2.24, 2.45) is 0 Å². The number of nitrogens with one attached hydrogen (secondary N) is 1. The minimum absolute atomic E-state index is 0.0958. The molecule has 190 valence electrons. The number of rotatable bonds is 5. The minimum atomic E-state index is -4.75. The number of hydrogen-bond acceptors (Lipinski definition) is 4. The first-order chi connectivity index (χ1) is 17.7. The molecule has 0 fully saturated rings. The third-order valence-electron chi connectivity index (χ3n) is 6.14. The quantitative estimate of drug-likeness (QED) is 0.375. The van der Waals surface area contributed by atoms with Crippen LogP contribution in [0.3, 0.4) is 0 Å². The van der Waals surface area contributed by atoms with Crippen molar-refractivity contribution in [3.8, 4) is 22.6 Å². The van der Waals surface area contributed by atoms with E-state index in [1.165, 1.54) is 11.7 Å². The maximum absolute atomic E-state index is 13.9. The monoisotopic (exact) mass is 512 g/mol. The van der Waals surface area contributed by atoms with Gasteiger partial charge in [0.25, 0.3) is 11.5 Å². The molecule has 3 aromatic carbocycles. The van der Waals surface area contributed by atoms with E-state index >= 15 is 0 Å². The first-order valence-corrected chi connectivity index (χ1v) is 11.3. The zero-order valence-corrected chi connectivity index (χ0v) is 19.5. The Kier molecular flexibility index (Phi) is 6.10. The van der Waals surface area contributed by atoms with E-state index in [-0.39, 0.29) is 24.3 Å². The van der Waals surface area contributed by atoms with E-state index < -0.39 is 35.6 Å². The highest BCUT2D eigenvalue weighted by molar-refractivity contribution is 6.10. The number of halogens is 4. The summed E-state index contributed by atoms with van der Waals surface area (Å²) in [5.74, 6) is -0.890. The van der Waals surface area contributed by atoms with Crippen LogP contribution in [0.15, 0.2) is 65.5 Å². The van der Waals surface area contributed by atoms with Crippen molar-refractivity contribution in [1.29, 1.82) is 0 Å². The predicted molar refractivity (Wildman–Crippen MR) is 128 cm³/mol. The largest absolute Gasteiger partial charge is 0.497 e. The molecule has 37 heavy (non-hydrogen) atoms. The molecule has 6 nitrogen and oxygen atoms in total. The van der Waals surface area contributed by atoms with E-state index in [0.29, 0.717) is 39.6 Å². The van der Waals surface area contributed by atoms with Gasteiger partial charge in [0.15, 0.2) is 0 Å². The van der Waals surface area contributed by atoms with Crippen LogP contribution < -0.4 is 20.3 Å². The highest BCUT2D eigenvalue weighted by Crippen LogP contribution is 2.37. The number of amides is 1. The number of aromatic nitrogens is 1. The lowest BCUT2D eigenvalue weighted by atomic mass is 9.94. The Hall–Kier alpha value is -4.34. The fraction of sp³-hybridized carbons (Fsp3) is 0.185. The molecule has 0 aliphatic carbocycles. The van der Waals surface area contributed by atoms with E-state index in [9.17, 15) is 27.2 Å². The maximum atomic E-state index is 13.9. The topological polar surface area (TPSA) is 69.6 Å². The second kappa shape index (κ2) is 9.27. The normalized spacial score (nSPS) is 12.8. The molecule has 4 aromatic rings. The molecule has 0 saturated heterocycles. The third-order valence-corrected chi connectivity index (χ3v) is 6.14. The van der Waals surface area contributed by atoms with Gasteiger partial charge in [-0.2, -0.15) is 13.2 Å². The Labute approximate surface area is 208 Å². The molecule has 1 N–H and O–H groups in total. The van der Waals surface area contributed by atoms with Gasteiger partial charge in [-0.15, -0.1) is 0 Å². The zero-order valence-electron chi connectivity index (χ0n) is 19.5.